The van der Waals surface area contributed by atoms with Gasteiger partial charge in [-0.15, -0.1) is 0 Å². The largest absolute Gasteiger partial charge is 0.472 e. The summed E-state index contributed by atoms with van der Waals surface area (Å²) in [5.74, 6) is -2.13. The molecule has 101 heavy (non-hydrogen) atoms. The number of unbranched alkanes of at least 4 members (excludes halogenated alkanes) is 52. The van der Waals surface area contributed by atoms with Gasteiger partial charge in [-0.1, -0.05) is 367 Å². The van der Waals surface area contributed by atoms with Gasteiger partial charge in [-0.05, 0) is 51.4 Å². The second-order valence-electron chi connectivity index (χ2n) is 28.8. The van der Waals surface area contributed by atoms with Crippen LogP contribution in [0.5, 0.6) is 0 Å². The summed E-state index contributed by atoms with van der Waals surface area (Å²) in [6, 6.07) is 0. The van der Waals surface area contributed by atoms with Gasteiger partial charge in [-0.2, -0.15) is 0 Å². The van der Waals surface area contributed by atoms with Gasteiger partial charge in [-0.25, -0.2) is 9.13 Å². The van der Waals surface area contributed by atoms with Gasteiger partial charge in [0.1, 0.15) is 19.3 Å². The summed E-state index contributed by atoms with van der Waals surface area (Å²) in [7, 11) is -9.93. The van der Waals surface area contributed by atoms with Crippen LogP contribution < -0.4 is 0 Å². The van der Waals surface area contributed by atoms with Crippen molar-refractivity contribution in [2.24, 2.45) is 0 Å². The molecule has 0 amide bonds. The summed E-state index contributed by atoms with van der Waals surface area (Å²) in [6.07, 6.45) is 71.4. The van der Waals surface area contributed by atoms with Gasteiger partial charge in [0.2, 0.25) is 0 Å². The highest BCUT2D eigenvalue weighted by atomic mass is 31.2. The maximum absolute atomic E-state index is 13.1. The molecule has 0 bridgehead atoms. The van der Waals surface area contributed by atoms with Crippen molar-refractivity contribution in [3.05, 3.63) is 24.3 Å². The monoisotopic (exact) mass is 1480 g/mol. The van der Waals surface area contributed by atoms with Crippen molar-refractivity contribution in [1.29, 1.82) is 0 Å². The van der Waals surface area contributed by atoms with Crippen LogP contribution in [0.3, 0.4) is 0 Å². The Kier molecular flexibility index (Phi) is 73.9. The molecule has 0 fully saturated rings. The van der Waals surface area contributed by atoms with Crippen LogP contribution in [0.25, 0.3) is 0 Å². The fourth-order valence-electron chi connectivity index (χ4n) is 12.3. The van der Waals surface area contributed by atoms with Crippen molar-refractivity contribution in [3.63, 3.8) is 0 Å². The van der Waals surface area contributed by atoms with Crippen LogP contribution in [-0.2, 0) is 65.4 Å². The Morgan fingerprint density at radius 2 is 0.475 bits per heavy atom. The fourth-order valence-corrected chi connectivity index (χ4v) is 13.9. The van der Waals surface area contributed by atoms with Crippen LogP contribution >= 0.6 is 15.6 Å². The highest BCUT2D eigenvalue weighted by Crippen LogP contribution is 2.45. The summed E-state index contributed by atoms with van der Waals surface area (Å²) < 4.78 is 68.7. The number of phosphoric ester groups is 2. The maximum atomic E-state index is 13.1. The molecule has 0 aromatic carbocycles. The summed E-state index contributed by atoms with van der Waals surface area (Å²) in [5, 5.41) is 10.6. The Morgan fingerprint density at radius 3 is 0.723 bits per heavy atom. The Labute approximate surface area is 618 Å². The molecular weight excluding hydrogens is 1320 g/mol. The van der Waals surface area contributed by atoms with E-state index in [9.17, 15) is 43.2 Å². The van der Waals surface area contributed by atoms with Gasteiger partial charge < -0.3 is 33.8 Å². The number of ether oxygens (including phenoxy) is 4. The number of hydrogen-bond donors (Lipinski definition) is 3. The summed E-state index contributed by atoms with van der Waals surface area (Å²) in [5.41, 5.74) is 0. The van der Waals surface area contributed by atoms with Crippen LogP contribution in [-0.4, -0.2) is 96.7 Å². The number of esters is 4. The van der Waals surface area contributed by atoms with Crippen LogP contribution in [0.15, 0.2) is 24.3 Å². The van der Waals surface area contributed by atoms with Gasteiger partial charge in [0.15, 0.2) is 12.2 Å². The number of carbonyl (C=O) groups is 4. The van der Waals surface area contributed by atoms with Crippen molar-refractivity contribution in [2.75, 3.05) is 39.6 Å². The van der Waals surface area contributed by atoms with Crippen LogP contribution in [0.4, 0.5) is 0 Å². The minimum atomic E-state index is -4.97. The molecule has 0 aromatic rings. The minimum absolute atomic E-state index is 0.102. The number of carbonyl (C=O) groups excluding carboxylic acids is 4. The number of aliphatic hydroxyl groups excluding tert-OH is 1. The molecule has 596 valence electrons. The van der Waals surface area contributed by atoms with Gasteiger partial charge in [0.25, 0.3) is 0 Å². The summed E-state index contributed by atoms with van der Waals surface area (Å²) in [4.78, 5) is 73.1. The zero-order valence-electron chi connectivity index (χ0n) is 65.4. The summed E-state index contributed by atoms with van der Waals surface area (Å²) in [6.45, 7) is 4.97. The fraction of sp³-hybridized carbons (Fsp3) is 0.902. The molecule has 0 radical (unpaired) electrons. The number of rotatable bonds is 81. The number of hydrogen-bond acceptors (Lipinski definition) is 15. The first-order valence-electron chi connectivity index (χ1n) is 42.1. The zero-order chi connectivity index (χ0) is 73.9. The summed E-state index contributed by atoms with van der Waals surface area (Å²) >= 11 is 0. The third-order valence-electron chi connectivity index (χ3n) is 18.7. The molecule has 0 saturated heterocycles. The lowest BCUT2D eigenvalue weighted by atomic mass is 10.0. The van der Waals surface area contributed by atoms with Crippen molar-refractivity contribution in [3.8, 4) is 0 Å². The van der Waals surface area contributed by atoms with Crippen LogP contribution in [0.1, 0.15) is 419 Å². The second-order valence-corrected chi connectivity index (χ2v) is 31.7. The SMILES string of the molecule is CCCCCC/C=C\C=C/CCCCCCCC(=O)OC[C@H](COP(=O)(O)OC[C@@H](O)COP(=O)(O)OC[C@@H](COC(=O)CCCCCCCCCCCCCCC)OC(=O)CCCCCCCCCCCCCCCC)OC(=O)CCCCCCCCCCCCCCCCCCCCC. The van der Waals surface area contributed by atoms with E-state index in [0.29, 0.717) is 25.7 Å². The molecule has 19 heteroatoms. The molecular formula is C82H156O17P2. The van der Waals surface area contributed by atoms with Crippen LogP contribution in [0.2, 0.25) is 0 Å². The molecule has 0 aliphatic rings. The van der Waals surface area contributed by atoms with E-state index in [-0.39, 0.29) is 25.7 Å². The Morgan fingerprint density at radius 1 is 0.277 bits per heavy atom. The Hall–Kier alpha value is -2.46. The van der Waals surface area contributed by atoms with E-state index in [1.165, 1.54) is 231 Å². The highest BCUT2D eigenvalue weighted by molar-refractivity contribution is 7.47. The molecule has 0 aliphatic heterocycles. The first-order chi connectivity index (χ1) is 49.2. The van der Waals surface area contributed by atoms with Gasteiger partial charge in [0.05, 0.1) is 26.4 Å². The molecule has 17 nitrogen and oxygen atoms in total. The van der Waals surface area contributed by atoms with E-state index in [2.05, 4.69) is 52.0 Å². The lowest BCUT2D eigenvalue weighted by Crippen LogP contribution is -2.30. The first kappa shape index (κ1) is 98.5. The molecule has 0 heterocycles. The number of allylic oxidation sites excluding steroid dienone is 4. The van der Waals surface area contributed by atoms with Crippen molar-refractivity contribution in [2.45, 2.75) is 438 Å². The predicted octanol–water partition coefficient (Wildman–Crippen LogP) is 24.5. The van der Waals surface area contributed by atoms with E-state index in [1.54, 1.807) is 0 Å². The first-order valence-corrected chi connectivity index (χ1v) is 45.1. The molecule has 0 aromatic heterocycles. The molecule has 2 unspecified atom stereocenters. The molecule has 0 saturated carbocycles. The number of phosphoric acid groups is 2. The van der Waals surface area contributed by atoms with Gasteiger partial charge in [-0.3, -0.25) is 37.3 Å². The van der Waals surface area contributed by atoms with Gasteiger partial charge in [0, 0.05) is 25.7 Å². The third-order valence-corrected chi connectivity index (χ3v) is 20.6. The molecule has 0 rings (SSSR count). The maximum Gasteiger partial charge on any atom is 0.472 e. The van der Waals surface area contributed by atoms with E-state index in [0.717, 1.165) is 109 Å². The quantitative estimate of drug-likeness (QED) is 0.0169. The lowest BCUT2D eigenvalue weighted by Gasteiger charge is -2.21. The van der Waals surface area contributed by atoms with Crippen molar-refractivity contribution < 1.29 is 80.2 Å². The molecule has 0 spiro atoms. The molecule has 3 N–H and O–H groups in total. The van der Waals surface area contributed by atoms with E-state index in [1.807, 2.05) is 0 Å². The van der Waals surface area contributed by atoms with E-state index >= 15 is 0 Å². The Balaban J connectivity index is 5.29. The van der Waals surface area contributed by atoms with E-state index in [4.69, 9.17) is 37.0 Å². The minimum Gasteiger partial charge on any atom is -0.462 e. The second kappa shape index (κ2) is 75.8. The average Bonchev–Trinajstić information content (AvgIpc) is 0.957. The van der Waals surface area contributed by atoms with Crippen LogP contribution in [0, 0.1) is 0 Å². The normalized spacial score (nSPS) is 13.9. The topological polar surface area (TPSA) is 237 Å². The van der Waals surface area contributed by atoms with Crippen molar-refractivity contribution in [1.82, 2.24) is 0 Å². The highest BCUT2D eigenvalue weighted by Gasteiger charge is 2.30. The molecule has 5 atom stereocenters. The van der Waals surface area contributed by atoms with E-state index < -0.39 is 97.5 Å². The number of aliphatic hydroxyl groups is 1. The standard InChI is InChI=1S/C82H156O17P2/c1-5-9-13-17-21-25-29-33-36-37-38-39-41-45-49-53-57-61-65-69-82(87)99-78(73-93-80(85)67-63-59-55-51-47-44-40-34-30-26-22-18-14-10-6-2)75-97-101(90,91)95-71-76(83)70-94-100(88,89)96-74-77(72-92-79(84)66-62-58-54-50-46-42-32-28-24-20-16-12-8-4)98-81(86)68-64-60-56-52-48-43-35-31-27-23-19-15-11-7-3/h26,30,34,40,76-78,83H,5-25,27-29,31-33,35-39,41-75H2,1-4H3,(H,88,89)(H,90,91)/b30-26-,40-34-/t76-,77+,78+/m0/s1. The smallest absolute Gasteiger partial charge is 0.462 e. The van der Waals surface area contributed by atoms with Gasteiger partial charge >= 0.3 is 39.5 Å². The molecule has 0 aliphatic carbocycles. The predicted molar refractivity (Wildman–Crippen MR) is 414 cm³/mol. The van der Waals surface area contributed by atoms with Crippen molar-refractivity contribution >= 4 is 39.5 Å². The lowest BCUT2D eigenvalue weighted by molar-refractivity contribution is -0.161. The third kappa shape index (κ3) is 75.6. The Bertz CT molecular complexity index is 2010. The average molecular weight is 1480 g/mol. The zero-order valence-corrected chi connectivity index (χ0v) is 67.2.